The molecular weight excluding hydrogens is 903 g/mol. The van der Waals surface area contributed by atoms with Crippen molar-refractivity contribution in [2.24, 2.45) is 0 Å². The zero-order valence-corrected chi connectivity index (χ0v) is 41.5. The third-order valence-electron chi connectivity index (χ3n) is 15.5. The highest BCUT2D eigenvalue weighted by Gasteiger charge is 2.54. The first-order chi connectivity index (χ1) is 36.3. The van der Waals surface area contributed by atoms with Gasteiger partial charge in [-0.05, 0) is 175 Å². The fraction of sp³-hybridized carbons (Fsp3) is 0.0735. The standard InChI is InChI=1S/C68H49N5O/c1-42-21-33-61(45(4)38-42)73(49-30-25-47(26-31-49)60-20-10-12-36-70-60)62-41-58-64(54-15-6-8-18-57(54)68(58)56-17-7-5-14-52(56)53-16-13-37-71-67(53)68)65-55-40-51(32-34-63(55)74-66(62)65)72(50-27-22-43(2)44(3)39-50)48-28-23-46(24-29-48)59-19-9-11-35-69-59/h5-41H,1-4H3. The molecule has 8 aromatic carbocycles. The molecule has 0 N–H and O–H groups in total. The smallest absolute Gasteiger partial charge is 0.160 e. The summed E-state index contributed by atoms with van der Waals surface area (Å²) < 4.78 is 7.45. The summed E-state index contributed by atoms with van der Waals surface area (Å²) in [6.45, 7) is 8.73. The van der Waals surface area contributed by atoms with Crippen LogP contribution in [0.25, 0.3) is 66.7 Å². The van der Waals surface area contributed by atoms with Crippen LogP contribution in [-0.4, -0.2) is 15.0 Å². The lowest BCUT2D eigenvalue weighted by molar-refractivity contribution is 0.668. The first-order valence-electron chi connectivity index (χ1n) is 25.3. The van der Waals surface area contributed by atoms with Crippen molar-refractivity contribution in [3.05, 3.63) is 269 Å². The molecule has 2 aliphatic carbocycles. The van der Waals surface area contributed by atoms with Crippen molar-refractivity contribution >= 4 is 56.1 Å². The number of fused-ring (bicyclic) bond motifs is 14. The van der Waals surface area contributed by atoms with Gasteiger partial charge in [-0.25, -0.2) is 0 Å². The number of aromatic nitrogens is 3. The van der Waals surface area contributed by atoms with Crippen LogP contribution in [0.3, 0.4) is 0 Å². The largest absolute Gasteiger partial charge is 0.454 e. The number of pyridine rings is 3. The molecule has 0 saturated heterocycles. The lowest BCUT2D eigenvalue weighted by Gasteiger charge is -2.32. The molecule has 14 rings (SSSR count). The number of hydrogen-bond acceptors (Lipinski definition) is 6. The molecule has 12 aromatic rings. The van der Waals surface area contributed by atoms with E-state index in [9.17, 15) is 0 Å². The van der Waals surface area contributed by atoms with E-state index in [2.05, 4.69) is 224 Å². The number of aryl methyl sites for hydroxylation is 4. The fourth-order valence-corrected chi connectivity index (χ4v) is 12.0. The van der Waals surface area contributed by atoms with E-state index in [0.29, 0.717) is 0 Å². The first kappa shape index (κ1) is 43.4. The van der Waals surface area contributed by atoms with Crippen LogP contribution in [0.2, 0.25) is 0 Å². The van der Waals surface area contributed by atoms with E-state index in [4.69, 9.17) is 14.4 Å². The summed E-state index contributed by atoms with van der Waals surface area (Å²) in [5.74, 6) is 0. The quantitative estimate of drug-likeness (QED) is 0.151. The van der Waals surface area contributed by atoms with E-state index in [1.165, 1.54) is 44.5 Å². The third-order valence-corrected chi connectivity index (χ3v) is 15.5. The van der Waals surface area contributed by atoms with Crippen molar-refractivity contribution in [3.63, 3.8) is 0 Å². The van der Waals surface area contributed by atoms with Crippen LogP contribution in [0.15, 0.2) is 229 Å². The molecule has 74 heavy (non-hydrogen) atoms. The summed E-state index contributed by atoms with van der Waals surface area (Å²) in [5.41, 5.74) is 25.2. The Morgan fingerprint density at radius 3 is 1.68 bits per heavy atom. The second-order valence-electron chi connectivity index (χ2n) is 19.8. The van der Waals surface area contributed by atoms with Crippen LogP contribution in [0, 0.1) is 27.7 Å². The Balaban J connectivity index is 1.09. The van der Waals surface area contributed by atoms with Gasteiger partial charge in [0.1, 0.15) is 5.58 Å². The molecule has 1 spiro atoms. The Morgan fingerprint density at radius 2 is 1.00 bits per heavy atom. The molecule has 352 valence electrons. The molecule has 6 nitrogen and oxygen atoms in total. The molecule has 0 amide bonds. The lowest BCUT2D eigenvalue weighted by Crippen LogP contribution is -2.27. The van der Waals surface area contributed by atoms with Crippen molar-refractivity contribution in [1.82, 2.24) is 15.0 Å². The van der Waals surface area contributed by atoms with Gasteiger partial charge in [0.2, 0.25) is 0 Å². The minimum absolute atomic E-state index is 0.721. The fourth-order valence-electron chi connectivity index (χ4n) is 12.0. The lowest BCUT2D eigenvalue weighted by atomic mass is 9.72. The van der Waals surface area contributed by atoms with Gasteiger partial charge in [-0.1, -0.05) is 115 Å². The van der Waals surface area contributed by atoms with Gasteiger partial charge in [0.05, 0.1) is 28.2 Å². The van der Waals surface area contributed by atoms with Gasteiger partial charge in [-0.2, -0.15) is 0 Å². The highest BCUT2D eigenvalue weighted by atomic mass is 16.3. The highest BCUT2D eigenvalue weighted by Crippen LogP contribution is 2.65. The molecule has 4 heterocycles. The van der Waals surface area contributed by atoms with E-state index in [-0.39, 0.29) is 0 Å². The SMILES string of the molecule is Cc1ccc(N(c2ccc(-c3ccccn3)cc2)c2cc3c(c4c2oc2ccc(N(c5ccc(-c6ccccn6)cc5)c5ccc(C)c(C)c5)cc24)-c2ccccc2C32c3ccccc3-c3cccnc32)c(C)c1. The molecule has 0 fully saturated rings. The summed E-state index contributed by atoms with van der Waals surface area (Å²) >= 11 is 0. The average Bonchev–Trinajstić information content (AvgIpc) is 4.12. The zero-order chi connectivity index (χ0) is 49.7. The molecule has 6 heteroatoms. The number of nitrogens with zero attached hydrogens (tertiary/aromatic N) is 5. The molecule has 4 aromatic heterocycles. The van der Waals surface area contributed by atoms with Crippen molar-refractivity contribution in [2.45, 2.75) is 33.1 Å². The van der Waals surface area contributed by atoms with Crippen LogP contribution in [0.1, 0.15) is 44.6 Å². The van der Waals surface area contributed by atoms with Gasteiger partial charge in [-0.3, -0.25) is 15.0 Å². The number of hydrogen-bond donors (Lipinski definition) is 0. The Bertz CT molecular complexity index is 4140. The van der Waals surface area contributed by atoms with Gasteiger partial charge in [0, 0.05) is 74.5 Å². The Hall–Kier alpha value is -9.39. The predicted molar refractivity (Wildman–Crippen MR) is 303 cm³/mol. The maximum Gasteiger partial charge on any atom is 0.160 e. The normalized spacial score (nSPS) is 14.0. The summed E-state index contributed by atoms with van der Waals surface area (Å²) in [5, 5.41) is 2.09. The van der Waals surface area contributed by atoms with E-state index in [1.54, 1.807) is 0 Å². The summed E-state index contributed by atoms with van der Waals surface area (Å²) in [7, 11) is 0. The monoisotopic (exact) mass is 951 g/mol. The molecule has 0 radical (unpaired) electrons. The molecule has 0 aliphatic heterocycles. The van der Waals surface area contributed by atoms with Crippen molar-refractivity contribution < 1.29 is 4.42 Å². The van der Waals surface area contributed by atoms with Gasteiger partial charge in [0.25, 0.3) is 0 Å². The second kappa shape index (κ2) is 16.9. The predicted octanol–water partition coefficient (Wildman–Crippen LogP) is 17.6. The Kier molecular flexibility index (Phi) is 9.89. The van der Waals surface area contributed by atoms with Gasteiger partial charge < -0.3 is 14.2 Å². The van der Waals surface area contributed by atoms with E-state index < -0.39 is 5.41 Å². The van der Waals surface area contributed by atoms with Gasteiger partial charge >= 0.3 is 0 Å². The van der Waals surface area contributed by atoms with E-state index in [0.717, 1.165) is 101 Å². The number of rotatable bonds is 8. The summed E-state index contributed by atoms with van der Waals surface area (Å²) in [6.07, 6.45) is 5.65. The zero-order valence-electron chi connectivity index (χ0n) is 41.5. The summed E-state index contributed by atoms with van der Waals surface area (Å²) in [4.78, 5) is 19.5. The molecular formula is C68H49N5O. The first-order valence-corrected chi connectivity index (χ1v) is 25.3. The highest BCUT2D eigenvalue weighted by molar-refractivity contribution is 6.21. The maximum absolute atomic E-state index is 7.45. The average molecular weight is 952 g/mol. The van der Waals surface area contributed by atoms with E-state index in [1.807, 2.05) is 42.9 Å². The minimum atomic E-state index is -0.721. The van der Waals surface area contributed by atoms with Crippen molar-refractivity contribution in [2.75, 3.05) is 9.80 Å². The minimum Gasteiger partial charge on any atom is -0.454 e. The molecule has 1 atom stereocenters. The molecule has 0 bridgehead atoms. The number of benzene rings is 8. The summed E-state index contributed by atoms with van der Waals surface area (Å²) in [6, 6.07) is 74.5. The topological polar surface area (TPSA) is 58.3 Å². The van der Waals surface area contributed by atoms with Crippen LogP contribution in [-0.2, 0) is 5.41 Å². The van der Waals surface area contributed by atoms with Crippen LogP contribution < -0.4 is 9.80 Å². The Morgan fingerprint density at radius 1 is 0.405 bits per heavy atom. The molecule has 0 saturated carbocycles. The second-order valence-corrected chi connectivity index (χ2v) is 19.8. The maximum atomic E-state index is 7.45. The van der Waals surface area contributed by atoms with Crippen molar-refractivity contribution in [1.29, 1.82) is 0 Å². The third kappa shape index (κ3) is 6.54. The van der Waals surface area contributed by atoms with Gasteiger partial charge in [-0.15, -0.1) is 0 Å². The van der Waals surface area contributed by atoms with E-state index >= 15 is 0 Å². The number of furan rings is 1. The van der Waals surface area contributed by atoms with Crippen LogP contribution in [0.4, 0.5) is 34.1 Å². The van der Waals surface area contributed by atoms with Crippen molar-refractivity contribution in [3.8, 4) is 44.8 Å². The Labute approximate surface area is 430 Å². The van der Waals surface area contributed by atoms with Gasteiger partial charge in [0.15, 0.2) is 5.58 Å². The molecule has 1 unspecified atom stereocenters. The molecule has 2 aliphatic rings. The van der Waals surface area contributed by atoms with Crippen LogP contribution >= 0.6 is 0 Å². The van der Waals surface area contributed by atoms with Crippen LogP contribution in [0.5, 0.6) is 0 Å². The number of anilines is 6.